The highest BCUT2D eigenvalue weighted by Crippen LogP contribution is 2.29. The molecular formula is C21H22N2O5S. The quantitative estimate of drug-likeness (QED) is 0.579. The molecule has 1 heterocycles. The molecule has 0 N–H and O–H groups in total. The number of benzene rings is 2. The predicted octanol–water partition coefficient (Wildman–Crippen LogP) is 3.20. The van der Waals surface area contributed by atoms with Crippen molar-refractivity contribution in [1.29, 1.82) is 0 Å². The molecule has 0 aliphatic carbocycles. The standard InChI is InChI=1S/C21H22N2O5S/c1-5-13-9-10-14-17(11-13)29-21(23(14)12-18(24)28-4)22-20(25)19-15(26-2)7-6-8-16(19)27-3/h6-11H,5,12H2,1-4H3. The molecule has 1 aromatic heterocycles. The number of rotatable bonds is 6. The fraction of sp³-hybridized carbons (Fsp3) is 0.286. The van der Waals surface area contributed by atoms with Crippen LogP contribution >= 0.6 is 11.3 Å². The molecule has 3 rings (SSSR count). The van der Waals surface area contributed by atoms with E-state index in [9.17, 15) is 9.59 Å². The fourth-order valence-corrected chi connectivity index (χ4v) is 4.07. The number of esters is 1. The zero-order valence-electron chi connectivity index (χ0n) is 16.7. The van der Waals surface area contributed by atoms with Crippen molar-refractivity contribution in [2.45, 2.75) is 19.9 Å². The minimum atomic E-state index is -0.514. The van der Waals surface area contributed by atoms with Crippen molar-refractivity contribution < 1.29 is 23.8 Å². The van der Waals surface area contributed by atoms with Crippen LogP contribution in [0.3, 0.4) is 0 Å². The number of aromatic nitrogens is 1. The summed E-state index contributed by atoms with van der Waals surface area (Å²) in [6.07, 6.45) is 0.884. The van der Waals surface area contributed by atoms with E-state index >= 15 is 0 Å². The van der Waals surface area contributed by atoms with Crippen molar-refractivity contribution >= 4 is 33.4 Å². The molecule has 0 radical (unpaired) electrons. The van der Waals surface area contributed by atoms with Crippen molar-refractivity contribution in [3.8, 4) is 11.5 Å². The van der Waals surface area contributed by atoms with Crippen LogP contribution in [0.5, 0.6) is 11.5 Å². The molecule has 1 amide bonds. The molecule has 8 heteroatoms. The van der Waals surface area contributed by atoms with E-state index < -0.39 is 11.9 Å². The Morgan fingerprint density at radius 1 is 1.07 bits per heavy atom. The van der Waals surface area contributed by atoms with Crippen molar-refractivity contribution in [3.05, 3.63) is 52.3 Å². The number of nitrogens with zero attached hydrogens (tertiary/aromatic N) is 2. The monoisotopic (exact) mass is 414 g/mol. The average Bonchev–Trinajstić information content (AvgIpc) is 3.08. The van der Waals surface area contributed by atoms with E-state index in [0.717, 1.165) is 22.2 Å². The van der Waals surface area contributed by atoms with Gasteiger partial charge in [0.2, 0.25) is 0 Å². The molecule has 0 aliphatic rings. The molecule has 7 nitrogen and oxygen atoms in total. The molecule has 0 atom stereocenters. The fourth-order valence-electron chi connectivity index (χ4n) is 2.97. The minimum Gasteiger partial charge on any atom is -0.496 e. The number of hydrogen-bond donors (Lipinski definition) is 0. The van der Waals surface area contributed by atoms with Crippen LogP contribution < -0.4 is 14.3 Å². The molecule has 0 spiro atoms. The molecule has 29 heavy (non-hydrogen) atoms. The van der Waals surface area contributed by atoms with Gasteiger partial charge in [-0.2, -0.15) is 4.99 Å². The number of carbonyl (C=O) groups excluding carboxylic acids is 2. The maximum Gasteiger partial charge on any atom is 0.325 e. The summed E-state index contributed by atoms with van der Waals surface area (Å²) in [5, 5.41) is 0. The largest absolute Gasteiger partial charge is 0.496 e. The Labute approximate surface area is 172 Å². The molecule has 3 aromatic rings. The van der Waals surface area contributed by atoms with Gasteiger partial charge in [0, 0.05) is 0 Å². The van der Waals surface area contributed by atoms with Gasteiger partial charge in [-0.25, -0.2) is 0 Å². The second-order valence-electron chi connectivity index (χ2n) is 6.16. The van der Waals surface area contributed by atoms with Crippen LogP contribution in [-0.4, -0.2) is 37.8 Å². The van der Waals surface area contributed by atoms with Gasteiger partial charge in [-0.05, 0) is 36.2 Å². The van der Waals surface area contributed by atoms with Crippen LogP contribution in [0.25, 0.3) is 10.2 Å². The first kappa shape index (κ1) is 20.6. The third-order valence-corrected chi connectivity index (χ3v) is 5.55. The van der Waals surface area contributed by atoms with Crippen molar-refractivity contribution in [3.63, 3.8) is 0 Å². The second-order valence-corrected chi connectivity index (χ2v) is 7.17. The van der Waals surface area contributed by atoms with Crippen molar-refractivity contribution in [1.82, 2.24) is 4.57 Å². The number of carbonyl (C=O) groups is 2. The lowest BCUT2D eigenvalue weighted by Crippen LogP contribution is -2.22. The van der Waals surface area contributed by atoms with Gasteiger partial charge in [0.25, 0.3) is 5.91 Å². The summed E-state index contributed by atoms with van der Waals surface area (Å²) in [5.74, 6) is -0.202. The number of hydrogen-bond acceptors (Lipinski definition) is 6. The Kier molecular flexibility index (Phi) is 6.33. The first-order valence-corrected chi connectivity index (χ1v) is 9.83. The van der Waals surface area contributed by atoms with Gasteiger partial charge in [-0.1, -0.05) is 30.4 Å². The maximum atomic E-state index is 13.0. The maximum absolute atomic E-state index is 13.0. The van der Waals surface area contributed by atoms with E-state index in [1.807, 2.05) is 18.2 Å². The molecule has 0 bridgehead atoms. The smallest absolute Gasteiger partial charge is 0.325 e. The van der Waals surface area contributed by atoms with Crippen LogP contribution in [0.2, 0.25) is 0 Å². The van der Waals surface area contributed by atoms with E-state index in [1.165, 1.54) is 32.7 Å². The number of fused-ring (bicyclic) bond motifs is 1. The Bertz CT molecular complexity index is 1110. The number of thiazole rings is 1. The Balaban J connectivity index is 2.20. The third kappa shape index (κ3) is 4.17. The van der Waals surface area contributed by atoms with Crippen LogP contribution in [-0.2, 0) is 22.5 Å². The van der Waals surface area contributed by atoms with Crippen LogP contribution in [0, 0.1) is 0 Å². The number of methoxy groups -OCH3 is 3. The summed E-state index contributed by atoms with van der Waals surface area (Å²) < 4.78 is 18.1. The topological polar surface area (TPSA) is 79.1 Å². The Hall–Kier alpha value is -3.13. The van der Waals surface area contributed by atoms with Gasteiger partial charge in [0.15, 0.2) is 4.80 Å². The summed E-state index contributed by atoms with van der Waals surface area (Å²) in [6.45, 7) is 2.02. The van der Waals surface area contributed by atoms with Gasteiger partial charge < -0.3 is 18.8 Å². The first-order valence-electron chi connectivity index (χ1n) is 9.01. The van der Waals surface area contributed by atoms with Gasteiger partial charge in [0.1, 0.15) is 23.6 Å². The highest BCUT2D eigenvalue weighted by molar-refractivity contribution is 7.16. The van der Waals surface area contributed by atoms with Crippen molar-refractivity contribution in [2.24, 2.45) is 4.99 Å². The van der Waals surface area contributed by atoms with Crippen LogP contribution in [0.1, 0.15) is 22.8 Å². The molecule has 0 aliphatic heterocycles. The highest BCUT2D eigenvalue weighted by Gasteiger charge is 2.19. The molecule has 0 saturated carbocycles. The lowest BCUT2D eigenvalue weighted by molar-refractivity contribution is -0.141. The van der Waals surface area contributed by atoms with Gasteiger partial charge in [-0.3, -0.25) is 9.59 Å². The third-order valence-electron chi connectivity index (χ3n) is 4.51. The van der Waals surface area contributed by atoms with Gasteiger partial charge >= 0.3 is 5.97 Å². The Morgan fingerprint density at radius 2 is 1.76 bits per heavy atom. The van der Waals surface area contributed by atoms with E-state index in [4.69, 9.17) is 14.2 Å². The molecule has 2 aromatic carbocycles. The summed E-state index contributed by atoms with van der Waals surface area (Å²) >= 11 is 1.34. The lowest BCUT2D eigenvalue weighted by Gasteiger charge is -2.09. The highest BCUT2D eigenvalue weighted by atomic mass is 32.1. The predicted molar refractivity (Wildman–Crippen MR) is 111 cm³/mol. The molecular weight excluding hydrogens is 392 g/mol. The van der Waals surface area contributed by atoms with E-state index in [2.05, 4.69) is 11.9 Å². The zero-order chi connectivity index (χ0) is 21.0. The van der Waals surface area contributed by atoms with E-state index in [-0.39, 0.29) is 12.1 Å². The molecule has 0 fully saturated rings. The minimum absolute atomic E-state index is 0.0445. The summed E-state index contributed by atoms with van der Waals surface area (Å²) in [5.41, 5.74) is 2.21. The summed E-state index contributed by atoms with van der Waals surface area (Å²) in [7, 11) is 4.29. The molecule has 152 valence electrons. The average molecular weight is 414 g/mol. The zero-order valence-corrected chi connectivity index (χ0v) is 17.5. The second kappa shape index (κ2) is 8.91. The summed E-state index contributed by atoms with van der Waals surface area (Å²) in [4.78, 5) is 29.7. The number of ether oxygens (including phenoxy) is 3. The van der Waals surface area contributed by atoms with E-state index in [1.54, 1.807) is 22.8 Å². The number of aryl methyl sites for hydroxylation is 1. The lowest BCUT2D eigenvalue weighted by atomic mass is 10.1. The number of amides is 1. The van der Waals surface area contributed by atoms with Gasteiger partial charge in [0.05, 0.1) is 31.5 Å². The van der Waals surface area contributed by atoms with E-state index in [0.29, 0.717) is 16.3 Å². The van der Waals surface area contributed by atoms with Gasteiger partial charge in [-0.15, -0.1) is 0 Å². The molecule has 0 unspecified atom stereocenters. The molecule has 0 saturated heterocycles. The first-order chi connectivity index (χ1) is 14.0. The summed E-state index contributed by atoms with van der Waals surface area (Å²) in [6, 6.07) is 11.1. The van der Waals surface area contributed by atoms with Crippen molar-refractivity contribution in [2.75, 3.05) is 21.3 Å². The van der Waals surface area contributed by atoms with Crippen LogP contribution in [0.4, 0.5) is 0 Å². The normalized spacial score (nSPS) is 11.5. The SMILES string of the molecule is CCc1ccc2c(c1)sc(=NC(=O)c1c(OC)cccc1OC)n2CC(=O)OC. The van der Waals surface area contributed by atoms with Crippen LogP contribution in [0.15, 0.2) is 41.4 Å². The Morgan fingerprint density at radius 3 is 2.34 bits per heavy atom.